The zero-order valence-electron chi connectivity index (χ0n) is 18.1. The molecule has 2 N–H and O–H groups in total. The third kappa shape index (κ3) is 3.56. The van der Waals surface area contributed by atoms with Gasteiger partial charge in [0.25, 0.3) is 5.91 Å². The van der Waals surface area contributed by atoms with Crippen molar-refractivity contribution in [2.75, 3.05) is 31.0 Å². The van der Waals surface area contributed by atoms with Crippen LogP contribution < -0.4 is 19.7 Å². The minimum absolute atomic E-state index is 0.252. The molecule has 4 rings (SSSR count). The molecule has 0 bridgehead atoms. The number of hydrogen-bond donors (Lipinski definition) is 2. The van der Waals surface area contributed by atoms with Gasteiger partial charge in [-0.15, -0.1) is 0 Å². The summed E-state index contributed by atoms with van der Waals surface area (Å²) in [5, 5.41) is 14.3. The lowest BCUT2D eigenvalue weighted by Gasteiger charge is -2.24. The van der Waals surface area contributed by atoms with Crippen molar-refractivity contribution >= 4 is 23.2 Å². The largest absolute Gasteiger partial charge is 0.493 e. The molecule has 0 saturated heterocycles. The first kappa shape index (κ1) is 21.4. The van der Waals surface area contributed by atoms with Crippen LogP contribution >= 0.6 is 0 Å². The fourth-order valence-electron chi connectivity index (χ4n) is 4.00. The Labute approximate surface area is 186 Å². The van der Waals surface area contributed by atoms with Crippen molar-refractivity contribution in [3.63, 3.8) is 0 Å². The predicted octanol–water partition coefficient (Wildman–Crippen LogP) is 3.23. The lowest BCUT2D eigenvalue weighted by atomic mass is 9.87. The van der Waals surface area contributed by atoms with Crippen LogP contribution in [0.2, 0.25) is 0 Å². The van der Waals surface area contributed by atoms with Crippen LogP contribution in [0.4, 0.5) is 11.4 Å². The van der Waals surface area contributed by atoms with Crippen molar-refractivity contribution in [1.82, 2.24) is 0 Å². The maximum Gasteiger partial charge on any atom is 0.268 e. The van der Waals surface area contributed by atoms with Crippen molar-refractivity contribution in [2.24, 2.45) is 0 Å². The number of nitrogens with zero attached hydrogens (tertiary/aromatic N) is 1. The fraction of sp³-hybridized carbons (Fsp3) is 0.200. The average Bonchev–Trinajstić information content (AvgIpc) is 3.02. The number of aryl methyl sites for hydroxylation is 1. The van der Waals surface area contributed by atoms with Crippen LogP contribution in [0.15, 0.2) is 66.7 Å². The highest BCUT2D eigenvalue weighted by atomic mass is 16.5. The highest BCUT2D eigenvalue weighted by Gasteiger charge is 2.51. The SMILES string of the molecule is COc1ccc(NC(=O)CN2C(=O)C(O)(c3cccc(C)c3)c3ccccc32)cc1OC. The van der Waals surface area contributed by atoms with Crippen LogP contribution in [-0.4, -0.2) is 37.7 Å². The molecular weight excluding hydrogens is 408 g/mol. The summed E-state index contributed by atoms with van der Waals surface area (Å²) in [6.07, 6.45) is 0. The van der Waals surface area contributed by atoms with Crippen molar-refractivity contribution in [3.8, 4) is 11.5 Å². The number of carbonyl (C=O) groups excluding carboxylic acids is 2. The first-order chi connectivity index (χ1) is 15.4. The van der Waals surface area contributed by atoms with Gasteiger partial charge in [0.2, 0.25) is 5.91 Å². The summed E-state index contributed by atoms with van der Waals surface area (Å²) in [6, 6.07) is 19.2. The Morgan fingerprint density at radius 3 is 2.47 bits per heavy atom. The molecule has 3 aromatic rings. The number of anilines is 2. The van der Waals surface area contributed by atoms with Gasteiger partial charge >= 0.3 is 0 Å². The van der Waals surface area contributed by atoms with E-state index in [0.717, 1.165) is 5.56 Å². The highest BCUT2D eigenvalue weighted by molar-refractivity contribution is 6.12. The van der Waals surface area contributed by atoms with Gasteiger partial charge in [-0.3, -0.25) is 14.5 Å². The van der Waals surface area contributed by atoms with Crippen molar-refractivity contribution in [1.29, 1.82) is 0 Å². The molecule has 0 saturated carbocycles. The number of fused-ring (bicyclic) bond motifs is 1. The molecule has 0 radical (unpaired) electrons. The molecule has 1 aliphatic rings. The monoisotopic (exact) mass is 432 g/mol. The highest BCUT2D eigenvalue weighted by Crippen LogP contribution is 2.44. The minimum Gasteiger partial charge on any atom is -0.493 e. The average molecular weight is 432 g/mol. The third-order valence-corrected chi connectivity index (χ3v) is 5.54. The molecule has 1 heterocycles. The van der Waals surface area contributed by atoms with Crippen LogP contribution in [0.5, 0.6) is 11.5 Å². The molecule has 32 heavy (non-hydrogen) atoms. The number of amides is 2. The maximum absolute atomic E-state index is 13.4. The first-order valence-corrected chi connectivity index (χ1v) is 10.1. The molecule has 7 heteroatoms. The number of rotatable bonds is 6. The minimum atomic E-state index is -1.85. The van der Waals surface area contributed by atoms with E-state index in [0.29, 0.717) is 34.0 Å². The van der Waals surface area contributed by atoms with Gasteiger partial charge < -0.3 is 19.9 Å². The van der Waals surface area contributed by atoms with Crippen LogP contribution in [0, 0.1) is 6.92 Å². The quantitative estimate of drug-likeness (QED) is 0.624. The molecule has 0 fully saturated rings. The summed E-state index contributed by atoms with van der Waals surface area (Å²) in [5.41, 5.74) is 0.996. The Kier molecular flexibility index (Phi) is 5.59. The van der Waals surface area contributed by atoms with Gasteiger partial charge in [-0.2, -0.15) is 0 Å². The zero-order valence-corrected chi connectivity index (χ0v) is 18.1. The van der Waals surface area contributed by atoms with Crippen LogP contribution in [-0.2, 0) is 15.2 Å². The number of nitrogens with one attached hydrogen (secondary N) is 1. The molecule has 0 aromatic heterocycles. The maximum atomic E-state index is 13.4. The van der Waals surface area contributed by atoms with Crippen LogP contribution in [0.3, 0.4) is 0 Å². The fourth-order valence-corrected chi connectivity index (χ4v) is 4.00. The summed E-state index contributed by atoms with van der Waals surface area (Å²) in [4.78, 5) is 27.6. The predicted molar refractivity (Wildman–Crippen MR) is 121 cm³/mol. The second-order valence-corrected chi connectivity index (χ2v) is 7.61. The molecule has 0 aliphatic carbocycles. The summed E-state index contributed by atoms with van der Waals surface area (Å²) in [5.74, 6) is 0.0414. The summed E-state index contributed by atoms with van der Waals surface area (Å²) in [6.45, 7) is 1.64. The van der Waals surface area contributed by atoms with Crippen LogP contribution in [0.1, 0.15) is 16.7 Å². The van der Waals surface area contributed by atoms with E-state index in [2.05, 4.69) is 5.32 Å². The lowest BCUT2D eigenvalue weighted by Crippen LogP contribution is -2.44. The van der Waals surface area contributed by atoms with E-state index in [1.165, 1.54) is 19.1 Å². The Morgan fingerprint density at radius 2 is 1.75 bits per heavy atom. The third-order valence-electron chi connectivity index (χ3n) is 5.54. The summed E-state index contributed by atoms with van der Waals surface area (Å²) in [7, 11) is 3.04. The molecule has 164 valence electrons. The van der Waals surface area contributed by atoms with Gasteiger partial charge in [0.15, 0.2) is 17.1 Å². The van der Waals surface area contributed by atoms with Gasteiger partial charge in [-0.05, 0) is 30.7 Å². The van der Waals surface area contributed by atoms with Gasteiger partial charge in [-0.25, -0.2) is 0 Å². The first-order valence-electron chi connectivity index (χ1n) is 10.1. The van der Waals surface area contributed by atoms with E-state index < -0.39 is 17.4 Å². The summed E-state index contributed by atoms with van der Waals surface area (Å²) < 4.78 is 10.5. The zero-order chi connectivity index (χ0) is 22.9. The van der Waals surface area contributed by atoms with Gasteiger partial charge in [-0.1, -0.05) is 48.0 Å². The second kappa shape index (κ2) is 8.36. The molecule has 7 nitrogen and oxygen atoms in total. The Balaban J connectivity index is 1.62. The van der Waals surface area contributed by atoms with Gasteiger partial charge in [0, 0.05) is 17.3 Å². The summed E-state index contributed by atoms with van der Waals surface area (Å²) >= 11 is 0. The standard InChI is InChI=1S/C25H24N2O5/c1-16-7-6-8-17(13-16)25(30)19-9-4-5-10-20(19)27(24(25)29)15-23(28)26-18-11-12-21(31-2)22(14-18)32-3/h4-14,30H,15H2,1-3H3,(H,26,28). The smallest absolute Gasteiger partial charge is 0.268 e. The topological polar surface area (TPSA) is 88.1 Å². The van der Waals surface area contributed by atoms with E-state index in [9.17, 15) is 14.7 Å². The molecule has 1 aliphatic heterocycles. The van der Waals surface area contributed by atoms with Gasteiger partial charge in [0.05, 0.1) is 19.9 Å². The number of para-hydroxylation sites is 1. The normalized spacial score (nSPS) is 17.1. The Bertz CT molecular complexity index is 1190. The molecular formula is C25H24N2O5. The number of aliphatic hydroxyl groups is 1. The molecule has 3 aromatic carbocycles. The molecule has 1 atom stereocenters. The number of carbonyl (C=O) groups is 2. The van der Waals surface area contributed by atoms with Crippen molar-refractivity contribution in [3.05, 3.63) is 83.4 Å². The van der Waals surface area contributed by atoms with E-state index in [1.807, 2.05) is 13.0 Å². The Morgan fingerprint density at radius 1 is 1.00 bits per heavy atom. The van der Waals surface area contributed by atoms with Crippen molar-refractivity contribution < 1.29 is 24.2 Å². The number of hydrogen-bond acceptors (Lipinski definition) is 5. The molecule has 0 spiro atoms. The van der Waals surface area contributed by atoms with E-state index in [-0.39, 0.29) is 6.54 Å². The van der Waals surface area contributed by atoms with Crippen molar-refractivity contribution in [2.45, 2.75) is 12.5 Å². The lowest BCUT2D eigenvalue weighted by molar-refractivity contribution is -0.133. The number of methoxy groups -OCH3 is 2. The second-order valence-electron chi connectivity index (χ2n) is 7.61. The van der Waals surface area contributed by atoms with Crippen LogP contribution in [0.25, 0.3) is 0 Å². The van der Waals surface area contributed by atoms with E-state index >= 15 is 0 Å². The molecule has 2 amide bonds. The van der Waals surface area contributed by atoms with E-state index in [1.54, 1.807) is 60.7 Å². The van der Waals surface area contributed by atoms with Gasteiger partial charge in [0.1, 0.15) is 6.54 Å². The Hall–Kier alpha value is -3.84. The van der Waals surface area contributed by atoms with E-state index in [4.69, 9.17) is 9.47 Å². The number of benzene rings is 3. The number of ether oxygens (including phenoxy) is 2. The molecule has 1 unspecified atom stereocenters.